The highest BCUT2D eigenvalue weighted by atomic mass is 32.1. The van der Waals surface area contributed by atoms with Crippen LogP contribution in [-0.4, -0.2) is 143 Å². The first-order valence-electron chi connectivity index (χ1n) is 30.7. The Kier molecular flexibility index (Phi) is 33.9. The van der Waals surface area contributed by atoms with Crippen molar-refractivity contribution in [3.05, 3.63) is 102 Å². The van der Waals surface area contributed by atoms with Crippen LogP contribution in [0, 0.1) is 53.3 Å². The van der Waals surface area contributed by atoms with Gasteiger partial charge < -0.3 is 44.2 Å². The highest BCUT2D eigenvalue weighted by Gasteiger charge is 2.31. The molecule has 3 aromatic rings. The summed E-state index contributed by atoms with van der Waals surface area (Å²) < 4.78 is 14.2. The number of aliphatic hydroxyl groups is 3. The minimum absolute atomic E-state index is 0.0417. The molecule has 3 aliphatic rings. The van der Waals surface area contributed by atoms with Crippen molar-refractivity contribution in [1.82, 2.24) is 14.7 Å². The molecule has 3 aliphatic heterocycles. The Balaban J connectivity index is 0.000000279. The largest absolute Gasteiger partial charge is 0.465 e. The van der Waals surface area contributed by atoms with Crippen molar-refractivity contribution in [2.45, 2.75) is 194 Å². The summed E-state index contributed by atoms with van der Waals surface area (Å²) in [5.74, 6) is 18.1. The number of amides is 3. The Labute approximate surface area is 529 Å². The SMILES string of the molecule is CCC#CCC(C)[C@@H](O)/C=C/[C@H]1CCC(=O)N1CCCc1ccc(C(=O)OC)s1.CCC#CC[C@@H](C)[C@H](O)/C=C/[C@H]1CCC(=O)N1CCCc1ccc(C(=O)OC)s1.CCC#CC[C@H](C)[C@H](O)/C=C/[C@H]1CCC(=O)N1CCCc1ccc(C(=O)OC)s1. The number of thiophene rings is 3. The van der Waals surface area contributed by atoms with Gasteiger partial charge in [0.15, 0.2) is 0 Å². The Morgan fingerprint density at radius 2 is 0.747 bits per heavy atom. The van der Waals surface area contributed by atoms with E-state index in [1.165, 1.54) is 55.3 Å². The molecule has 3 N–H and O–H groups in total. The van der Waals surface area contributed by atoms with Crippen LogP contribution in [0.15, 0.2) is 72.9 Å². The van der Waals surface area contributed by atoms with Crippen molar-refractivity contribution in [2.75, 3.05) is 41.0 Å². The number of esters is 3. The number of carbonyl (C=O) groups is 6. The van der Waals surface area contributed by atoms with Gasteiger partial charge in [-0.05, 0) is 112 Å². The highest BCUT2D eigenvalue weighted by molar-refractivity contribution is 7.14. The molecule has 18 heteroatoms. The maximum Gasteiger partial charge on any atom is 0.348 e. The van der Waals surface area contributed by atoms with Crippen LogP contribution in [0.25, 0.3) is 0 Å². The molecule has 0 bridgehead atoms. The van der Waals surface area contributed by atoms with Crippen LogP contribution in [0.1, 0.15) is 182 Å². The van der Waals surface area contributed by atoms with Crippen LogP contribution in [0.5, 0.6) is 0 Å². The maximum absolute atomic E-state index is 12.3. The molecule has 0 aromatic carbocycles. The van der Waals surface area contributed by atoms with Crippen LogP contribution in [0.3, 0.4) is 0 Å². The van der Waals surface area contributed by atoms with Gasteiger partial charge in [0.1, 0.15) is 14.6 Å². The molecule has 6 rings (SSSR count). The van der Waals surface area contributed by atoms with E-state index in [4.69, 9.17) is 14.2 Å². The number of carbonyl (C=O) groups excluding carboxylic acids is 6. The number of hydrogen-bond acceptors (Lipinski definition) is 15. The molecule has 0 saturated carbocycles. The van der Waals surface area contributed by atoms with E-state index in [1.807, 2.05) is 111 Å². The van der Waals surface area contributed by atoms with E-state index < -0.39 is 18.3 Å². The molecule has 0 spiro atoms. The monoisotopic (exact) mass is 1250 g/mol. The average molecular weight is 1250 g/mol. The number of likely N-dealkylation sites (tertiary alicyclic amines) is 3. The van der Waals surface area contributed by atoms with Gasteiger partial charge in [0, 0.05) is 92.1 Å². The Hall–Kier alpha value is -6.30. The molecule has 9 atom stereocenters. The minimum atomic E-state index is -0.554. The summed E-state index contributed by atoms with van der Waals surface area (Å²) in [5, 5.41) is 31.0. The molecular formula is C69H93N3O12S3. The number of hydrogen-bond donors (Lipinski definition) is 3. The number of methoxy groups -OCH3 is 3. The summed E-state index contributed by atoms with van der Waals surface area (Å²) in [4.78, 5) is 82.3. The lowest BCUT2D eigenvalue weighted by molar-refractivity contribution is -0.129. The van der Waals surface area contributed by atoms with Crippen molar-refractivity contribution >= 4 is 69.6 Å². The summed E-state index contributed by atoms with van der Waals surface area (Å²) in [6.07, 6.45) is 23.2. The molecule has 0 aliphatic carbocycles. The minimum Gasteiger partial charge on any atom is -0.465 e. The molecule has 0 radical (unpaired) electrons. The third-order valence-electron chi connectivity index (χ3n) is 15.3. The topological polar surface area (TPSA) is 201 Å². The van der Waals surface area contributed by atoms with Crippen LogP contribution in [0.4, 0.5) is 0 Å². The molecule has 15 nitrogen and oxygen atoms in total. The third-order valence-corrected chi connectivity index (χ3v) is 18.6. The van der Waals surface area contributed by atoms with Crippen molar-refractivity contribution in [3.8, 4) is 35.5 Å². The van der Waals surface area contributed by atoms with E-state index in [0.717, 1.165) is 91.7 Å². The van der Waals surface area contributed by atoms with Crippen LogP contribution in [0.2, 0.25) is 0 Å². The predicted octanol–water partition coefficient (Wildman–Crippen LogP) is 11.4. The first-order valence-corrected chi connectivity index (χ1v) is 33.2. The molecule has 3 fully saturated rings. The van der Waals surface area contributed by atoms with Gasteiger partial charge in [-0.2, -0.15) is 0 Å². The molecule has 6 heterocycles. The van der Waals surface area contributed by atoms with Crippen molar-refractivity contribution < 1.29 is 58.3 Å². The fraction of sp³-hybridized carbons (Fsp3) is 0.565. The van der Waals surface area contributed by atoms with E-state index in [1.54, 1.807) is 18.2 Å². The van der Waals surface area contributed by atoms with E-state index in [-0.39, 0.29) is 71.5 Å². The number of ether oxygens (including phenoxy) is 3. The lowest BCUT2D eigenvalue weighted by Crippen LogP contribution is -2.33. The van der Waals surface area contributed by atoms with Crippen LogP contribution < -0.4 is 0 Å². The lowest BCUT2D eigenvalue weighted by Gasteiger charge is -2.23. The summed E-state index contributed by atoms with van der Waals surface area (Å²) in [7, 11) is 4.14. The van der Waals surface area contributed by atoms with Gasteiger partial charge in [-0.15, -0.1) is 69.5 Å². The summed E-state index contributed by atoms with van der Waals surface area (Å²) in [6.45, 7) is 14.0. The van der Waals surface area contributed by atoms with Crippen molar-refractivity contribution in [2.24, 2.45) is 17.8 Å². The third kappa shape index (κ3) is 25.4. The smallest absolute Gasteiger partial charge is 0.348 e. The summed E-state index contributed by atoms with van der Waals surface area (Å²) in [5.41, 5.74) is 0. The van der Waals surface area contributed by atoms with Gasteiger partial charge in [0.2, 0.25) is 17.7 Å². The standard InChI is InChI=1S/3C23H31NO4S/c3*1-4-5-6-8-17(2)20(25)13-10-18-11-15-22(26)24(18)16-7-9-19-12-14-21(29-19)23(27)28-3/h3*10,12-14,17-18,20,25H,4,7-9,11,15-16H2,1-3H3/b3*13-10+/t17?,18-,20-;17-,18+,20-;17-,18-,20+/m010/s1. The second-order valence-electron chi connectivity index (χ2n) is 22.0. The Morgan fingerprint density at radius 3 is 0.989 bits per heavy atom. The van der Waals surface area contributed by atoms with E-state index >= 15 is 0 Å². The van der Waals surface area contributed by atoms with E-state index in [9.17, 15) is 44.1 Å². The van der Waals surface area contributed by atoms with Gasteiger partial charge >= 0.3 is 17.9 Å². The number of aliphatic hydroxyl groups excluding tert-OH is 3. The quantitative estimate of drug-likeness (QED) is 0.0283. The normalized spacial score (nSPS) is 18.6. The lowest BCUT2D eigenvalue weighted by atomic mass is 10.00. The zero-order valence-electron chi connectivity index (χ0n) is 52.6. The average Bonchev–Trinajstić information content (AvgIpc) is 3.89. The van der Waals surface area contributed by atoms with Gasteiger partial charge in [0.25, 0.3) is 0 Å². The van der Waals surface area contributed by atoms with Gasteiger partial charge in [-0.25, -0.2) is 14.4 Å². The molecule has 87 heavy (non-hydrogen) atoms. The highest BCUT2D eigenvalue weighted by Crippen LogP contribution is 2.27. The second kappa shape index (κ2) is 40.3. The second-order valence-corrected chi connectivity index (χ2v) is 25.5. The zero-order valence-corrected chi connectivity index (χ0v) is 55.0. The molecular weight excluding hydrogens is 1160 g/mol. The summed E-state index contributed by atoms with van der Waals surface area (Å²) in [6, 6.07) is 11.3. The van der Waals surface area contributed by atoms with Crippen LogP contribution in [-0.2, 0) is 47.9 Å². The maximum atomic E-state index is 12.3. The van der Waals surface area contributed by atoms with E-state index in [0.29, 0.717) is 72.8 Å². The Bertz CT molecular complexity index is 2630. The fourth-order valence-corrected chi connectivity index (χ4v) is 12.8. The first kappa shape index (κ1) is 73.2. The number of aryl methyl sites for hydroxylation is 3. The first-order chi connectivity index (χ1) is 41.9. The number of rotatable bonds is 27. The molecule has 3 saturated heterocycles. The predicted molar refractivity (Wildman–Crippen MR) is 347 cm³/mol. The van der Waals surface area contributed by atoms with E-state index in [2.05, 4.69) is 35.5 Å². The number of nitrogens with zero attached hydrogens (tertiary/aromatic N) is 3. The molecule has 474 valence electrons. The molecule has 3 aromatic heterocycles. The fourth-order valence-electron chi connectivity index (χ4n) is 9.91. The summed E-state index contributed by atoms with van der Waals surface area (Å²) >= 11 is 4.32. The molecule has 3 amide bonds. The Morgan fingerprint density at radius 1 is 0.483 bits per heavy atom. The van der Waals surface area contributed by atoms with Crippen molar-refractivity contribution in [1.29, 1.82) is 0 Å². The zero-order chi connectivity index (χ0) is 63.7. The van der Waals surface area contributed by atoms with Crippen molar-refractivity contribution in [3.63, 3.8) is 0 Å². The van der Waals surface area contributed by atoms with Gasteiger partial charge in [-0.1, -0.05) is 78.0 Å². The van der Waals surface area contributed by atoms with Gasteiger partial charge in [-0.3, -0.25) is 14.4 Å². The molecule has 1 unspecified atom stereocenters. The van der Waals surface area contributed by atoms with Crippen LogP contribution >= 0.6 is 34.0 Å². The van der Waals surface area contributed by atoms with Gasteiger partial charge in [0.05, 0.1) is 57.8 Å².